The zero-order chi connectivity index (χ0) is 13.2. The molecule has 1 rings (SSSR count). The Bertz CT molecular complexity index is 434. The Morgan fingerprint density at radius 3 is 2.53 bits per heavy atom. The minimum atomic E-state index is -4.51. The molecule has 0 unspecified atom stereocenters. The van der Waals surface area contributed by atoms with Crippen molar-refractivity contribution in [2.45, 2.75) is 6.18 Å². The van der Waals surface area contributed by atoms with E-state index >= 15 is 0 Å². The molecule has 0 aliphatic heterocycles. The third-order valence-electron chi connectivity index (χ3n) is 2.05. The van der Waals surface area contributed by atoms with Crippen LogP contribution in [0.25, 0.3) is 0 Å². The van der Waals surface area contributed by atoms with Gasteiger partial charge >= 0.3 is 12.1 Å². The molecule has 0 bridgehead atoms. The summed E-state index contributed by atoms with van der Waals surface area (Å²) in [7, 11) is 1.30. The first-order chi connectivity index (χ1) is 7.71. The average molecular weight is 312 g/mol. The molecule has 1 aromatic rings. The van der Waals surface area contributed by atoms with E-state index in [0.29, 0.717) is 4.47 Å². The van der Waals surface area contributed by atoms with Crippen LogP contribution in [0.1, 0.15) is 5.56 Å². The van der Waals surface area contributed by atoms with Crippen LogP contribution in [0.2, 0.25) is 0 Å². The number of aliphatic carboxylic acids is 1. The van der Waals surface area contributed by atoms with Crippen molar-refractivity contribution in [3.8, 4) is 0 Å². The highest BCUT2D eigenvalue weighted by molar-refractivity contribution is 9.10. The number of hydrogen-bond donors (Lipinski definition) is 1. The Kier molecular flexibility index (Phi) is 4.03. The summed E-state index contributed by atoms with van der Waals surface area (Å²) in [5.74, 6) is -1.19. The molecule has 3 nitrogen and oxygen atoms in total. The van der Waals surface area contributed by atoms with E-state index in [4.69, 9.17) is 5.11 Å². The summed E-state index contributed by atoms with van der Waals surface area (Å²) in [6, 6.07) is 3.42. The monoisotopic (exact) mass is 311 g/mol. The van der Waals surface area contributed by atoms with E-state index in [2.05, 4.69) is 15.9 Å². The van der Waals surface area contributed by atoms with Gasteiger partial charge in [-0.1, -0.05) is 15.9 Å². The summed E-state index contributed by atoms with van der Waals surface area (Å²) in [6.45, 7) is -0.500. The van der Waals surface area contributed by atoms with Crippen molar-refractivity contribution >= 4 is 27.6 Å². The molecule has 0 atom stereocenters. The number of carboxylic acid groups (broad SMARTS) is 1. The van der Waals surface area contributed by atoms with Crippen molar-refractivity contribution in [3.05, 3.63) is 28.2 Å². The fourth-order valence-corrected chi connectivity index (χ4v) is 1.70. The molecule has 0 aliphatic carbocycles. The predicted molar refractivity (Wildman–Crippen MR) is 60.0 cm³/mol. The van der Waals surface area contributed by atoms with Gasteiger partial charge in [-0.25, -0.2) is 0 Å². The van der Waals surface area contributed by atoms with Gasteiger partial charge in [0.1, 0.15) is 6.54 Å². The highest BCUT2D eigenvalue weighted by atomic mass is 79.9. The second-order valence-corrected chi connectivity index (χ2v) is 4.32. The fraction of sp³-hybridized carbons (Fsp3) is 0.300. The largest absolute Gasteiger partial charge is 0.480 e. The van der Waals surface area contributed by atoms with Gasteiger partial charge in [0, 0.05) is 11.5 Å². The number of halogens is 4. The maximum Gasteiger partial charge on any atom is 0.418 e. The summed E-state index contributed by atoms with van der Waals surface area (Å²) in [6.07, 6.45) is -4.51. The third kappa shape index (κ3) is 3.62. The van der Waals surface area contributed by atoms with E-state index in [-0.39, 0.29) is 5.69 Å². The fourth-order valence-electron chi connectivity index (χ4n) is 1.35. The Hall–Kier alpha value is -1.24. The number of carboxylic acids is 1. The van der Waals surface area contributed by atoms with Gasteiger partial charge in [0.25, 0.3) is 0 Å². The van der Waals surface area contributed by atoms with Crippen LogP contribution in [0.5, 0.6) is 0 Å². The van der Waals surface area contributed by atoms with Crippen LogP contribution in [-0.2, 0) is 11.0 Å². The number of likely N-dealkylation sites (N-methyl/N-ethyl adjacent to an activating group) is 1. The number of benzene rings is 1. The molecule has 17 heavy (non-hydrogen) atoms. The molecule has 0 amide bonds. The van der Waals surface area contributed by atoms with Crippen molar-refractivity contribution < 1.29 is 23.1 Å². The lowest BCUT2D eigenvalue weighted by Gasteiger charge is -2.22. The summed E-state index contributed by atoms with van der Waals surface area (Å²) in [5.41, 5.74) is -1.03. The van der Waals surface area contributed by atoms with Crippen LogP contribution in [0.3, 0.4) is 0 Å². The summed E-state index contributed by atoms with van der Waals surface area (Å²) in [5, 5.41) is 8.57. The van der Waals surface area contributed by atoms with Gasteiger partial charge in [0.05, 0.1) is 11.3 Å². The molecular weight excluding hydrogens is 303 g/mol. The van der Waals surface area contributed by atoms with Crippen LogP contribution in [0, 0.1) is 0 Å². The first kappa shape index (κ1) is 13.8. The lowest BCUT2D eigenvalue weighted by Crippen LogP contribution is -2.27. The predicted octanol–water partition coefficient (Wildman–Crippen LogP) is 2.99. The van der Waals surface area contributed by atoms with E-state index in [9.17, 15) is 18.0 Å². The zero-order valence-corrected chi connectivity index (χ0v) is 10.3. The van der Waals surface area contributed by atoms with E-state index < -0.39 is 24.3 Å². The second kappa shape index (κ2) is 4.95. The first-order valence-electron chi connectivity index (χ1n) is 4.51. The van der Waals surface area contributed by atoms with Gasteiger partial charge in [-0.2, -0.15) is 13.2 Å². The highest BCUT2D eigenvalue weighted by Gasteiger charge is 2.34. The van der Waals surface area contributed by atoms with Gasteiger partial charge in [-0.15, -0.1) is 0 Å². The zero-order valence-electron chi connectivity index (χ0n) is 8.75. The minimum absolute atomic E-state index is 0.172. The minimum Gasteiger partial charge on any atom is -0.480 e. The quantitative estimate of drug-likeness (QED) is 0.933. The van der Waals surface area contributed by atoms with E-state index in [1.807, 2.05) is 0 Å². The molecule has 0 saturated heterocycles. The number of rotatable bonds is 3. The van der Waals surface area contributed by atoms with Crippen LogP contribution in [0.4, 0.5) is 18.9 Å². The Balaban J connectivity index is 3.20. The molecule has 0 spiro atoms. The third-order valence-corrected chi connectivity index (χ3v) is 2.54. The normalized spacial score (nSPS) is 11.4. The van der Waals surface area contributed by atoms with Crippen molar-refractivity contribution in [2.75, 3.05) is 18.5 Å². The van der Waals surface area contributed by atoms with Gasteiger partial charge in [0.2, 0.25) is 0 Å². The molecule has 0 heterocycles. The first-order valence-corrected chi connectivity index (χ1v) is 5.31. The standard InChI is InChI=1S/C10H9BrF3NO2/c1-15(5-9(16)17)8-4-6(11)2-3-7(8)10(12,13)14/h2-4H,5H2,1H3,(H,16,17). The van der Waals surface area contributed by atoms with Gasteiger partial charge in [-0.3, -0.25) is 4.79 Å². The Morgan fingerprint density at radius 1 is 1.47 bits per heavy atom. The van der Waals surface area contributed by atoms with Crippen LogP contribution in [0.15, 0.2) is 22.7 Å². The lowest BCUT2D eigenvalue weighted by atomic mass is 10.1. The van der Waals surface area contributed by atoms with Gasteiger partial charge in [0.15, 0.2) is 0 Å². The second-order valence-electron chi connectivity index (χ2n) is 3.41. The van der Waals surface area contributed by atoms with Crippen molar-refractivity contribution in [2.24, 2.45) is 0 Å². The number of hydrogen-bond acceptors (Lipinski definition) is 2. The van der Waals surface area contributed by atoms with E-state index in [1.165, 1.54) is 19.2 Å². The molecule has 94 valence electrons. The van der Waals surface area contributed by atoms with Crippen molar-refractivity contribution in [1.82, 2.24) is 0 Å². The number of anilines is 1. The maximum atomic E-state index is 12.7. The molecule has 1 N–H and O–H groups in total. The van der Waals surface area contributed by atoms with Crippen LogP contribution in [-0.4, -0.2) is 24.7 Å². The molecule has 0 aliphatic rings. The Labute approximate surface area is 104 Å². The van der Waals surface area contributed by atoms with Gasteiger partial charge in [-0.05, 0) is 18.2 Å². The van der Waals surface area contributed by atoms with E-state index in [0.717, 1.165) is 11.0 Å². The van der Waals surface area contributed by atoms with Crippen molar-refractivity contribution in [3.63, 3.8) is 0 Å². The topological polar surface area (TPSA) is 40.5 Å². The molecule has 0 radical (unpaired) electrons. The summed E-state index contributed by atoms with van der Waals surface area (Å²) >= 11 is 3.06. The SMILES string of the molecule is CN(CC(=O)O)c1cc(Br)ccc1C(F)(F)F. The molecule has 0 fully saturated rings. The van der Waals surface area contributed by atoms with Crippen molar-refractivity contribution in [1.29, 1.82) is 0 Å². The molecular formula is C10H9BrF3NO2. The van der Waals surface area contributed by atoms with Gasteiger partial charge < -0.3 is 10.0 Å². The molecule has 0 saturated carbocycles. The Morgan fingerprint density at radius 2 is 2.06 bits per heavy atom. The molecule has 0 aromatic heterocycles. The molecule has 7 heteroatoms. The number of alkyl halides is 3. The average Bonchev–Trinajstić information content (AvgIpc) is 2.14. The van der Waals surface area contributed by atoms with Crippen LogP contribution < -0.4 is 4.90 Å². The highest BCUT2D eigenvalue weighted by Crippen LogP contribution is 2.37. The smallest absolute Gasteiger partial charge is 0.418 e. The number of carbonyl (C=O) groups is 1. The summed E-state index contributed by atoms with van der Waals surface area (Å²) < 4.78 is 38.5. The summed E-state index contributed by atoms with van der Waals surface area (Å²) in [4.78, 5) is 11.5. The molecule has 1 aromatic carbocycles. The van der Waals surface area contributed by atoms with E-state index in [1.54, 1.807) is 0 Å². The maximum absolute atomic E-state index is 12.7. The number of nitrogens with zero attached hydrogens (tertiary/aromatic N) is 1. The lowest BCUT2D eigenvalue weighted by molar-refractivity contribution is -0.138. The van der Waals surface area contributed by atoms with Crippen LogP contribution >= 0.6 is 15.9 Å².